The van der Waals surface area contributed by atoms with Gasteiger partial charge in [0, 0.05) is 6.42 Å². The highest BCUT2D eigenvalue weighted by Gasteiger charge is 2.40. The summed E-state index contributed by atoms with van der Waals surface area (Å²) in [5, 5.41) is 9.46. The van der Waals surface area contributed by atoms with Crippen LogP contribution in [0.15, 0.2) is 29.8 Å². The molecule has 0 aromatic heterocycles. The number of ether oxygens (including phenoxy) is 1. The molecule has 1 rings (SSSR count). The second kappa shape index (κ2) is 7.98. The largest absolute Gasteiger partial charge is 0.466 e. The average molecular weight is 316 g/mol. The second-order valence-corrected chi connectivity index (χ2v) is 4.88. The van der Waals surface area contributed by atoms with Gasteiger partial charge in [0.25, 0.3) is 0 Å². The molecule has 122 valence electrons. The van der Waals surface area contributed by atoms with Crippen molar-refractivity contribution in [1.82, 2.24) is 0 Å². The Kier molecular flexibility index (Phi) is 6.61. The Labute approximate surface area is 127 Å². The molecule has 0 heterocycles. The molecule has 0 saturated heterocycles. The van der Waals surface area contributed by atoms with Crippen LogP contribution in [0.5, 0.6) is 0 Å². The maximum absolute atomic E-state index is 12.7. The first-order valence-electron chi connectivity index (χ1n) is 6.91. The van der Waals surface area contributed by atoms with Gasteiger partial charge in [-0.1, -0.05) is 35.9 Å². The molecule has 1 aromatic rings. The first-order chi connectivity index (χ1) is 10.2. The van der Waals surface area contributed by atoms with Gasteiger partial charge in [-0.25, -0.2) is 0 Å². The smallest absolute Gasteiger partial charge is 0.418 e. The Bertz CT molecular complexity index is 518. The van der Waals surface area contributed by atoms with Crippen molar-refractivity contribution < 1.29 is 27.8 Å². The second-order valence-electron chi connectivity index (χ2n) is 4.88. The third-order valence-electron chi connectivity index (χ3n) is 3.01. The number of aliphatic hydroxyl groups excluding tert-OH is 1. The van der Waals surface area contributed by atoms with Crippen molar-refractivity contribution in [1.29, 1.82) is 0 Å². The lowest BCUT2D eigenvalue weighted by Crippen LogP contribution is -2.30. The molecule has 1 atom stereocenters. The van der Waals surface area contributed by atoms with Gasteiger partial charge in [-0.3, -0.25) is 4.79 Å². The van der Waals surface area contributed by atoms with Gasteiger partial charge >= 0.3 is 12.1 Å². The maximum atomic E-state index is 12.7. The minimum Gasteiger partial charge on any atom is -0.466 e. The number of hydrogen-bond donors (Lipinski definition) is 1. The standard InChI is InChI=1S/C16H19F3O3/c1-3-22-14(20)9-8-13(15(21)16(17,18)19)10-12-6-4-11(2)5-7-12/h4-7,10,15,21H,3,8-9H2,1-2H3/b13-10+. The van der Waals surface area contributed by atoms with E-state index in [1.165, 1.54) is 6.08 Å². The molecule has 22 heavy (non-hydrogen) atoms. The van der Waals surface area contributed by atoms with Crippen LogP contribution >= 0.6 is 0 Å². The van der Waals surface area contributed by atoms with E-state index in [4.69, 9.17) is 4.74 Å². The van der Waals surface area contributed by atoms with Crippen molar-refractivity contribution >= 4 is 12.0 Å². The van der Waals surface area contributed by atoms with Crippen molar-refractivity contribution in [3.8, 4) is 0 Å². The normalized spacial score (nSPS) is 13.8. The molecule has 0 saturated carbocycles. The summed E-state index contributed by atoms with van der Waals surface area (Å²) in [6, 6.07) is 6.83. The number of halogens is 3. The summed E-state index contributed by atoms with van der Waals surface area (Å²) in [7, 11) is 0. The van der Waals surface area contributed by atoms with Crippen LogP contribution in [-0.2, 0) is 9.53 Å². The number of carbonyl (C=O) groups is 1. The molecular weight excluding hydrogens is 297 g/mol. The zero-order chi connectivity index (χ0) is 16.8. The molecule has 0 fully saturated rings. The fraction of sp³-hybridized carbons (Fsp3) is 0.438. The van der Waals surface area contributed by atoms with Crippen LogP contribution in [0.2, 0.25) is 0 Å². The Morgan fingerprint density at radius 2 is 1.86 bits per heavy atom. The van der Waals surface area contributed by atoms with Crippen LogP contribution in [-0.4, -0.2) is 30.0 Å². The summed E-state index contributed by atoms with van der Waals surface area (Å²) in [4.78, 5) is 11.3. The monoisotopic (exact) mass is 316 g/mol. The molecule has 0 amide bonds. The van der Waals surface area contributed by atoms with E-state index in [1.54, 1.807) is 31.2 Å². The highest BCUT2D eigenvalue weighted by molar-refractivity contribution is 5.70. The Morgan fingerprint density at radius 1 is 1.27 bits per heavy atom. The van der Waals surface area contributed by atoms with E-state index in [9.17, 15) is 23.1 Å². The van der Waals surface area contributed by atoms with Crippen LogP contribution in [0.25, 0.3) is 6.08 Å². The average Bonchev–Trinajstić information content (AvgIpc) is 2.44. The number of aryl methyl sites for hydroxylation is 1. The zero-order valence-electron chi connectivity index (χ0n) is 12.5. The molecule has 0 aliphatic carbocycles. The van der Waals surface area contributed by atoms with Crippen molar-refractivity contribution in [2.24, 2.45) is 0 Å². The lowest BCUT2D eigenvalue weighted by atomic mass is 10.00. The fourth-order valence-electron chi connectivity index (χ4n) is 1.85. The van der Waals surface area contributed by atoms with Crippen LogP contribution < -0.4 is 0 Å². The van der Waals surface area contributed by atoms with E-state index in [0.717, 1.165) is 5.56 Å². The van der Waals surface area contributed by atoms with Crippen molar-refractivity contribution in [3.05, 3.63) is 41.0 Å². The van der Waals surface area contributed by atoms with Gasteiger partial charge in [0.15, 0.2) is 6.10 Å². The zero-order valence-corrected chi connectivity index (χ0v) is 12.5. The van der Waals surface area contributed by atoms with Crippen molar-refractivity contribution in [3.63, 3.8) is 0 Å². The Morgan fingerprint density at radius 3 is 2.36 bits per heavy atom. The Hall–Kier alpha value is -1.82. The molecule has 1 N–H and O–H groups in total. The molecule has 0 aliphatic heterocycles. The quantitative estimate of drug-likeness (QED) is 0.815. The highest BCUT2D eigenvalue weighted by atomic mass is 19.4. The van der Waals surface area contributed by atoms with Crippen LogP contribution in [0.1, 0.15) is 30.9 Å². The topological polar surface area (TPSA) is 46.5 Å². The number of esters is 1. The summed E-state index contributed by atoms with van der Waals surface area (Å²) in [5.41, 5.74) is 1.25. The number of alkyl halides is 3. The lowest BCUT2D eigenvalue weighted by molar-refractivity contribution is -0.191. The minimum atomic E-state index is -4.77. The molecular formula is C16H19F3O3. The van der Waals surface area contributed by atoms with Gasteiger partial charge < -0.3 is 9.84 Å². The predicted octanol–water partition coefficient (Wildman–Crippen LogP) is 3.64. The van der Waals surface area contributed by atoms with E-state index in [1.807, 2.05) is 6.92 Å². The number of rotatable bonds is 6. The molecule has 0 radical (unpaired) electrons. The molecule has 3 nitrogen and oxygen atoms in total. The summed E-state index contributed by atoms with van der Waals surface area (Å²) in [6.07, 6.45) is -6.53. The van der Waals surface area contributed by atoms with Gasteiger partial charge in [0.1, 0.15) is 0 Å². The first kappa shape index (κ1) is 18.2. The molecule has 0 aliphatic rings. The third-order valence-corrected chi connectivity index (χ3v) is 3.01. The maximum Gasteiger partial charge on any atom is 0.418 e. The molecule has 1 aromatic carbocycles. The van der Waals surface area contributed by atoms with Gasteiger partial charge in [-0.2, -0.15) is 13.2 Å². The summed E-state index contributed by atoms with van der Waals surface area (Å²) < 4.78 is 42.9. The van der Waals surface area contributed by atoms with Gasteiger partial charge in [-0.05, 0) is 31.4 Å². The van der Waals surface area contributed by atoms with E-state index < -0.39 is 18.2 Å². The van der Waals surface area contributed by atoms with E-state index in [0.29, 0.717) is 5.56 Å². The van der Waals surface area contributed by atoms with Crippen LogP contribution in [0.4, 0.5) is 13.2 Å². The van der Waals surface area contributed by atoms with E-state index >= 15 is 0 Å². The first-order valence-corrected chi connectivity index (χ1v) is 6.91. The van der Waals surface area contributed by atoms with Gasteiger partial charge in [0.05, 0.1) is 6.61 Å². The molecule has 0 bridgehead atoms. The van der Waals surface area contributed by atoms with Crippen LogP contribution in [0, 0.1) is 6.92 Å². The van der Waals surface area contributed by atoms with Crippen molar-refractivity contribution in [2.45, 2.75) is 39.0 Å². The van der Waals surface area contributed by atoms with Gasteiger partial charge in [-0.15, -0.1) is 0 Å². The van der Waals surface area contributed by atoms with E-state index in [-0.39, 0.29) is 25.0 Å². The molecule has 1 unspecified atom stereocenters. The predicted molar refractivity (Wildman–Crippen MR) is 77.1 cm³/mol. The van der Waals surface area contributed by atoms with Gasteiger partial charge in [0.2, 0.25) is 0 Å². The fourth-order valence-corrected chi connectivity index (χ4v) is 1.85. The summed E-state index contributed by atoms with van der Waals surface area (Å²) in [5.74, 6) is -0.591. The highest BCUT2D eigenvalue weighted by Crippen LogP contribution is 2.29. The number of benzene rings is 1. The number of carbonyl (C=O) groups excluding carboxylic acids is 1. The number of aliphatic hydroxyl groups is 1. The Balaban J connectivity index is 2.95. The third kappa shape index (κ3) is 5.89. The molecule has 6 heteroatoms. The minimum absolute atomic E-state index is 0.164. The van der Waals surface area contributed by atoms with Crippen molar-refractivity contribution in [2.75, 3.05) is 6.61 Å². The van der Waals surface area contributed by atoms with Crippen LogP contribution in [0.3, 0.4) is 0 Å². The molecule has 0 spiro atoms. The van der Waals surface area contributed by atoms with E-state index in [2.05, 4.69) is 0 Å². The SMILES string of the molecule is CCOC(=O)CC/C(=C\c1ccc(C)cc1)C(O)C(F)(F)F. The summed E-state index contributed by atoms with van der Waals surface area (Å²) in [6.45, 7) is 3.64. The lowest BCUT2D eigenvalue weighted by Gasteiger charge is -2.18. The number of hydrogen-bond acceptors (Lipinski definition) is 3. The summed E-state index contributed by atoms with van der Waals surface area (Å²) >= 11 is 0.